The quantitative estimate of drug-likeness (QED) is 0.758. The van der Waals surface area contributed by atoms with Gasteiger partial charge in [-0.1, -0.05) is 0 Å². The van der Waals surface area contributed by atoms with Crippen LogP contribution in [0.4, 0.5) is 5.69 Å². The minimum Gasteiger partial charge on any atom is -0.494 e. The number of anilines is 1. The number of carbonyl (C=O) groups excluding carboxylic acids is 1. The number of benzene rings is 1. The Balaban J connectivity index is 2.81. The molecule has 1 unspecified atom stereocenters. The van der Waals surface area contributed by atoms with E-state index in [0.29, 0.717) is 23.6 Å². The summed E-state index contributed by atoms with van der Waals surface area (Å²) >= 11 is 0. The Morgan fingerprint density at radius 2 is 2.05 bits per heavy atom. The van der Waals surface area contributed by atoms with Crippen LogP contribution in [0.1, 0.15) is 24.2 Å². The zero-order valence-corrected chi connectivity index (χ0v) is 12.7. The van der Waals surface area contributed by atoms with Crippen molar-refractivity contribution in [3.63, 3.8) is 0 Å². The molecule has 7 heteroatoms. The van der Waals surface area contributed by atoms with Crippen molar-refractivity contribution in [3.05, 3.63) is 23.8 Å². The molecule has 0 aromatic heterocycles. The van der Waals surface area contributed by atoms with E-state index in [-0.39, 0.29) is 11.7 Å². The molecule has 0 bridgehead atoms. The van der Waals surface area contributed by atoms with Crippen LogP contribution in [0.2, 0.25) is 0 Å². The number of sulfone groups is 1. The van der Waals surface area contributed by atoms with E-state index < -0.39 is 15.9 Å². The lowest BCUT2D eigenvalue weighted by molar-refractivity contribution is 0.0943. The van der Waals surface area contributed by atoms with Crippen molar-refractivity contribution in [2.24, 2.45) is 0 Å². The van der Waals surface area contributed by atoms with Crippen molar-refractivity contribution in [2.75, 3.05) is 24.3 Å². The first-order valence-corrected chi connectivity index (χ1v) is 8.29. The molecule has 1 aromatic rings. The van der Waals surface area contributed by atoms with Crippen LogP contribution in [-0.4, -0.2) is 39.0 Å². The van der Waals surface area contributed by atoms with Gasteiger partial charge in [-0.05, 0) is 26.0 Å². The van der Waals surface area contributed by atoms with Gasteiger partial charge < -0.3 is 15.8 Å². The fourth-order valence-electron chi connectivity index (χ4n) is 1.81. The van der Waals surface area contributed by atoms with E-state index in [1.165, 1.54) is 6.07 Å². The second-order valence-electron chi connectivity index (χ2n) is 4.69. The van der Waals surface area contributed by atoms with Gasteiger partial charge in [-0.3, -0.25) is 4.79 Å². The topological polar surface area (TPSA) is 98.5 Å². The van der Waals surface area contributed by atoms with E-state index in [4.69, 9.17) is 10.5 Å². The van der Waals surface area contributed by atoms with E-state index in [2.05, 4.69) is 5.32 Å². The van der Waals surface area contributed by atoms with Gasteiger partial charge in [0.1, 0.15) is 15.6 Å². The van der Waals surface area contributed by atoms with Crippen LogP contribution in [-0.2, 0) is 9.84 Å². The molecule has 3 N–H and O–H groups in total. The summed E-state index contributed by atoms with van der Waals surface area (Å²) in [6.45, 7) is 3.93. The van der Waals surface area contributed by atoms with E-state index in [0.717, 1.165) is 6.26 Å². The van der Waals surface area contributed by atoms with Crippen LogP contribution in [0.25, 0.3) is 0 Å². The molecular weight excluding hydrogens is 280 g/mol. The smallest absolute Gasteiger partial charge is 0.251 e. The van der Waals surface area contributed by atoms with Gasteiger partial charge in [0.05, 0.1) is 12.4 Å². The molecule has 0 aliphatic rings. The summed E-state index contributed by atoms with van der Waals surface area (Å²) in [7, 11) is -3.14. The highest BCUT2D eigenvalue weighted by Crippen LogP contribution is 2.19. The molecule has 0 heterocycles. The van der Waals surface area contributed by atoms with Crippen molar-refractivity contribution in [2.45, 2.75) is 19.9 Å². The Labute approximate surface area is 119 Å². The average Bonchev–Trinajstić information content (AvgIpc) is 2.25. The van der Waals surface area contributed by atoms with Gasteiger partial charge in [0, 0.05) is 29.6 Å². The zero-order valence-electron chi connectivity index (χ0n) is 11.8. The normalized spacial score (nSPS) is 12.8. The van der Waals surface area contributed by atoms with Gasteiger partial charge in [0.2, 0.25) is 0 Å². The molecule has 0 aliphatic heterocycles. The highest BCUT2D eigenvalue weighted by atomic mass is 32.2. The van der Waals surface area contributed by atoms with Crippen molar-refractivity contribution in [3.8, 4) is 5.75 Å². The summed E-state index contributed by atoms with van der Waals surface area (Å²) in [5.74, 6) is 0.0159. The average molecular weight is 300 g/mol. The number of nitrogen functional groups attached to an aromatic ring is 1. The lowest BCUT2D eigenvalue weighted by atomic mass is 10.1. The molecule has 0 aliphatic carbocycles. The predicted molar refractivity (Wildman–Crippen MR) is 78.7 cm³/mol. The number of hydrogen-bond acceptors (Lipinski definition) is 5. The number of nitrogens with one attached hydrogen (secondary N) is 1. The Hall–Kier alpha value is -1.76. The van der Waals surface area contributed by atoms with E-state index in [1.54, 1.807) is 19.1 Å². The number of nitrogens with two attached hydrogens (primary N) is 1. The van der Waals surface area contributed by atoms with E-state index in [9.17, 15) is 13.2 Å². The van der Waals surface area contributed by atoms with Gasteiger partial charge >= 0.3 is 0 Å². The third-order valence-electron chi connectivity index (χ3n) is 2.43. The fourth-order valence-corrected chi connectivity index (χ4v) is 2.80. The summed E-state index contributed by atoms with van der Waals surface area (Å²) in [4.78, 5) is 12.0. The molecule has 0 radical (unpaired) electrons. The predicted octanol–water partition coefficient (Wildman–Crippen LogP) is 0.830. The molecule has 0 saturated heterocycles. The number of ether oxygens (including phenoxy) is 1. The van der Waals surface area contributed by atoms with E-state index in [1.807, 2.05) is 6.92 Å². The maximum absolute atomic E-state index is 12.0. The molecule has 1 rings (SSSR count). The number of rotatable bonds is 6. The molecule has 20 heavy (non-hydrogen) atoms. The highest BCUT2D eigenvalue weighted by Gasteiger charge is 2.15. The number of carbonyl (C=O) groups is 1. The molecule has 1 atom stereocenters. The van der Waals surface area contributed by atoms with Gasteiger partial charge in [0.25, 0.3) is 5.91 Å². The summed E-state index contributed by atoms with van der Waals surface area (Å²) in [6.07, 6.45) is 1.13. The molecule has 1 amide bonds. The van der Waals surface area contributed by atoms with Crippen LogP contribution in [0, 0.1) is 0 Å². The summed E-state index contributed by atoms with van der Waals surface area (Å²) in [5, 5.41) is 2.62. The largest absolute Gasteiger partial charge is 0.494 e. The maximum atomic E-state index is 12.0. The first kappa shape index (κ1) is 16.3. The van der Waals surface area contributed by atoms with Crippen molar-refractivity contribution >= 4 is 21.4 Å². The van der Waals surface area contributed by atoms with E-state index >= 15 is 0 Å². The zero-order chi connectivity index (χ0) is 15.3. The number of amides is 1. The molecule has 0 spiro atoms. The molecule has 6 nitrogen and oxygen atoms in total. The molecule has 0 saturated carbocycles. The molecule has 1 aromatic carbocycles. The minimum absolute atomic E-state index is 0.112. The van der Waals surface area contributed by atoms with Gasteiger partial charge in [-0.15, -0.1) is 0 Å². The highest BCUT2D eigenvalue weighted by molar-refractivity contribution is 7.90. The standard InChI is InChI=1S/C13H20N2O4S/c1-4-19-12-6-10(5-11(14)7-12)13(16)15-9(2)8-20(3,17)18/h5-7,9H,4,8,14H2,1-3H3,(H,15,16). The molecule has 0 fully saturated rings. The van der Waals surface area contributed by atoms with Crippen molar-refractivity contribution in [1.82, 2.24) is 5.32 Å². The maximum Gasteiger partial charge on any atom is 0.251 e. The van der Waals surface area contributed by atoms with Crippen molar-refractivity contribution in [1.29, 1.82) is 0 Å². The van der Waals surface area contributed by atoms with Crippen LogP contribution >= 0.6 is 0 Å². The van der Waals surface area contributed by atoms with Gasteiger partial charge in [-0.25, -0.2) is 8.42 Å². The Morgan fingerprint density at radius 3 is 2.60 bits per heavy atom. The minimum atomic E-state index is -3.14. The summed E-state index contributed by atoms with van der Waals surface area (Å²) < 4.78 is 27.6. The SMILES string of the molecule is CCOc1cc(N)cc(C(=O)NC(C)CS(C)(=O)=O)c1. The molecule has 112 valence electrons. The lowest BCUT2D eigenvalue weighted by Crippen LogP contribution is -2.37. The Morgan fingerprint density at radius 1 is 1.40 bits per heavy atom. The summed E-state index contributed by atoms with van der Waals surface area (Å²) in [5.41, 5.74) is 6.46. The Kier molecular flexibility index (Phi) is 5.38. The second-order valence-corrected chi connectivity index (χ2v) is 6.88. The van der Waals surface area contributed by atoms with Gasteiger partial charge in [-0.2, -0.15) is 0 Å². The number of hydrogen-bond donors (Lipinski definition) is 2. The van der Waals surface area contributed by atoms with Crippen LogP contribution in [0.5, 0.6) is 5.75 Å². The monoisotopic (exact) mass is 300 g/mol. The Bertz CT molecular complexity index is 584. The first-order valence-electron chi connectivity index (χ1n) is 6.23. The fraction of sp³-hybridized carbons (Fsp3) is 0.462. The lowest BCUT2D eigenvalue weighted by Gasteiger charge is -2.14. The second kappa shape index (κ2) is 6.60. The van der Waals surface area contributed by atoms with Crippen LogP contribution < -0.4 is 15.8 Å². The van der Waals surface area contributed by atoms with Gasteiger partial charge in [0.15, 0.2) is 0 Å². The van der Waals surface area contributed by atoms with Crippen LogP contribution in [0.15, 0.2) is 18.2 Å². The molecular formula is C13H20N2O4S. The summed E-state index contributed by atoms with van der Waals surface area (Å²) in [6, 6.07) is 4.24. The van der Waals surface area contributed by atoms with Crippen molar-refractivity contribution < 1.29 is 17.9 Å². The third kappa shape index (κ3) is 5.48. The third-order valence-corrected chi connectivity index (χ3v) is 3.54. The van der Waals surface area contributed by atoms with Crippen LogP contribution in [0.3, 0.4) is 0 Å². The first-order chi connectivity index (χ1) is 9.21.